The Morgan fingerprint density at radius 3 is 2.69 bits per heavy atom. The molecule has 1 aromatic carbocycles. The Hall–Kier alpha value is -2.01. The molecule has 0 saturated carbocycles. The lowest BCUT2D eigenvalue weighted by Gasteiger charge is -2.12. The van der Waals surface area contributed by atoms with Crippen molar-refractivity contribution in [3.05, 3.63) is 41.0 Å². The van der Waals surface area contributed by atoms with Crippen molar-refractivity contribution < 1.29 is 13.2 Å². The summed E-state index contributed by atoms with van der Waals surface area (Å²) in [5.74, 6) is 0.0472. The third-order valence-electron chi connectivity index (χ3n) is 4.72. The molecule has 1 amide bonds. The molecular weight excluding hydrogens is 428 g/mol. The van der Waals surface area contributed by atoms with Gasteiger partial charge in [-0.25, -0.2) is 22.7 Å². The zero-order chi connectivity index (χ0) is 20.6. The van der Waals surface area contributed by atoms with E-state index in [1.165, 1.54) is 48.4 Å². The van der Waals surface area contributed by atoms with Gasteiger partial charge in [-0.3, -0.25) is 4.79 Å². The number of thioether (sulfide) groups is 1. The van der Waals surface area contributed by atoms with Crippen LogP contribution >= 0.6 is 23.1 Å². The molecule has 1 N–H and O–H groups in total. The lowest BCUT2D eigenvalue weighted by atomic mass is 10.2. The van der Waals surface area contributed by atoms with Crippen LogP contribution in [-0.4, -0.2) is 48.4 Å². The Bertz CT molecular complexity index is 1170. The van der Waals surface area contributed by atoms with Crippen molar-refractivity contribution in [3.8, 4) is 0 Å². The standard InChI is InChI=1S/C19H20N4O3S3/c1-23(2)29(25,26)13-8-6-12(7-9-13)22-16(24)10-27-18-17-14-4-3-5-15(14)28-19(17)21-11-20-18/h6-9,11H,3-5,10H2,1-2H3,(H,22,24). The van der Waals surface area contributed by atoms with Crippen molar-refractivity contribution >= 4 is 54.9 Å². The Balaban J connectivity index is 1.43. The van der Waals surface area contributed by atoms with E-state index < -0.39 is 10.0 Å². The first-order valence-corrected chi connectivity index (χ1v) is 12.3. The SMILES string of the molecule is CN(C)S(=O)(=O)c1ccc(NC(=O)CSc2ncnc3sc4c(c23)CCC4)cc1. The number of carbonyl (C=O) groups is 1. The number of sulfonamides is 1. The van der Waals surface area contributed by atoms with Crippen molar-refractivity contribution in [2.24, 2.45) is 0 Å². The first kappa shape index (κ1) is 20.3. The van der Waals surface area contributed by atoms with Crippen molar-refractivity contribution in [2.75, 3.05) is 25.2 Å². The highest BCUT2D eigenvalue weighted by atomic mass is 32.2. The highest BCUT2D eigenvalue weighted by molar-refractivity contribution is 8.00. The Labute approximate surface area is 177 Å². The fraction of sp³-hybridized carbons (Fsp3) is 0.316. The van der Waals surface area contributed by atoms with Gasteiger partial charge in [0.15, 0.2) is 0 Å². The van der Waals surface area contributed by atoms with E-state index in [9.17, 15) is 13.2 Å². The monoisotopic (exact) mass is 448 g/mol. The number of hydrogen-bond donors (Lipinski definition) is 1. The number of nitrogens with one attached hydrogen (secondary N) is 1. The van der Waals surface area contributed by atoms with Crippen LogP contribution in [0.2, 0.25) is 0 Å². The predicted molar refractivity (Wildman–Crippen MR) is 116 cm³/mol. The number of thiophene rings is 1. The fourth-order valence-electron chi connectivity index (χ4n) is 3.26. The van der Waals surface area contributed by atoms with Gasteiger partial charge in [0.05, 0.1) is 10.6 Å². The molecule has 0 radical (unpaired) electrons. The van der Waals surface area contributed by atoms with Gasteiger partial charge in [0, 0.05) is 30.0 Å². The summed E-state index contributed by atoms with van der Waals surface area (Å²) in [6, 6.07) is 6.16. The molecule has 0 aliphatic heterocycles. The Morgan fingerprint density at radius 1 is 1.21 bits per heavy atom. The maximum Gasteiger partial charge on any atom is 0.242 e. The summed E-state index contributed by atoms with van der Waals surface area (Å²) in [6.07, 6.45) is 4.86. The number of nitrogens with zero attached hydrogens (tertiary/aromatic N) is 3. The molecule has 0 saturated heterocycles. The number of rotatable bonds is 6. The Morgan fingerprint density at radius 2 is 1.97 bits per heavy atom. The van der Waals surface area contributed by atoms with Gasteiger partial charge in [-0.05, 0) is 49.1 Å². The van der Waals surface area contributed by atoms with E-state index in [-0.39, 0.29) is 16.6 Å². The lowest BCUT2D eigenvalue weighted by Crippen LogP contribution is -2.22. The van der Waals surface area contributed by atoms with Crippen molar-refractivity contribution in [1.82, 2.24) is 14.3 Å². The van der Waals surface area contributed by atoms with E-state index in [1.54, 1.807) is 29.8 Å². The van der Waals surface area contributed by atoms with Crippen LogP contribution in [0.4, 0.5) is 5.69 Å². The molecule has 1 aliphatic rings. The average Bonchev–Trinajstić information content (AvgIpc) is 3.27. The second-order valence-corrected chi connectivity index (χ2v) is 11.1. The van der Waals surface area contributed by atoms with Crippen LogP contribution in [-0.2, 0) is 27.7 Å². The summed E-state index contributed by atoms with van der Waals surface area (Å²) < 4.78 is 25.4. The molecule has 7 nitrogen and oxygen atoms in total. The zero-order valence-corrected chi connectivity index (χ0v) is 18.5. The third kappa shape index (κ3) is 4.02. The van der Waals surface area contributed by atoms with Crippen molar-refractivity contribution in [2.45, 2.75) is 29.2 Å². The molecule has 0 spiro atoms. The minimum absolute atomic E-state index is 0.170. The van der Waals surface area contributed by atoms with E-state index >= 15 is 0 Å². The molecule has 2 aromatic heterocycles. The number of carbonyl (C=O) groups excluding carboxylic acids is 1. The van der Waals surface area contributed by atoms with E-state index in [0.29, 0.717) is 5.69 Å². The van der Waals surface area contributed by atoms with Crippen LogP contribution in [0, 0.1) is 0 Å². The summed E-state index contributed by atoms with van der Waals surface area (Å²) in [7, 11) is -0.523. The van der Waals surface area contributed by atoms with Gasteiger partial charge < -0.3 is 5.32 Å². The fourth-order valence-corrected chi connectivity index (χ4v) is 6.28. The third-order valence-corrected chi connectivity index (χ3v) is 8.74. The number of amides is 1. The van der Waals surface area contributed by atoms with Gasteiger partial charge in [-0.15, -0.1) is 11.3 Å². The van der Waals surface area contributed by atoms with Crippen LogP contribution in [0.25, 0.3) is 10.2 Å². The molecule has 29 heavy (non-hydrogen) atoms. The number of anilines is 1. The van der Waals surface area contributed by atoms with E-state index in [2.05, 4.69) is 15.3 Å². The minimum Gasteiger partial charge on any atom is -0.325 e. The van der Waals surface area contributed by atoms with Gasteiger partial charge in [-0.2, -0.15) is 0 Å². The molecule has 0 bridgehead atoms. The normalized spacial score (nSPS) is 13.8. The minimum atomic E-state index is -3.49. The van der Waals surface area contributed by atoms with Crippen molar-refractivity contribution in [3.63, 3.8) is 0 Å². The average molecular weight is 449 g/mol. The largest absolute Gasteiger partial charge is 0.325 e. The van der Waals surface area contributed by atoms with E-state index in [1.807, 2.05) is 0 Å². The number of fused-ring (bicyclic) bond motifs is 3. The first-order valence-electron chi connectivity index (χ1n) is 9.07. The second-order valence-electron chi connectivity index (χ2n) is 6.86. The maximum atomic E-state index is 12.4. The summed E-state index contributed by atoms with van der Waals surface area (Å²) in [4.78, 5) is 23.7. The van der Waals surface area contributed by atoms with Gasteiger partial charge in [0.2, 0.25) is 15.9 Å². The summed E-state index contributed by atoms with van der Waals surface area (Å²) in [5, 5.41) is 4.75. The highest BCUT2D eigenvalue weighted by Crippen LogP contribution is 2.39. The molecule has 1 aliphatic carbocycles. The second kappa shape index (κ2) is 8.02. The molecule has 152 valence electrons. The highest BCUT2D eigenvalue weighted by Gasteiger charge is 2.22. The topological polar surface area (TPSA) is 92.3 Å². The summed E-state index contributed by atoms with van der Waals surface area (Å²) in [6.45, 7) is 0. The van der Waals surface area contributed by atoms with Gasteiger partial charge >= 0.3 is 0 Å². The molecule has 0 fully saturated rings. The molecule has 3 aromatic rings. The molecule has 0 atom stereocenters. The number of aryl methyl sites for hydroxylation is 2. The van der Waals surface area contributed by atoms with Gasteiger partial charge in [0.25, 0.3) is 0 Å². The Kier molecular flexibility index (Phi) is 5.60. The number of benzene rings is 1. The predicted octanol–water partition coefficient (Wildman–Crippen LogP) is 3.16. The van der Waals surface area contributed by atoms with Crippen molar-refractivity contribution in [1.29, 1.82) is 0 Å². The maximum absolute atomic E-state index is 12.4. The van der Waals surface area contributed by atoms with Gasteiger partial charge in [0.1, 0.15) is 16.2 Å². The molecule has 0 unspecified atom stereocenters. The zero-order valence-electron chi connectivity index (χ0n) is 16.0. The summed E-state index contributed by atoms with van der Waals surface area (Å²) in [5.41, 5.74) is 1.89. The van der Waals surface area contributed by atoms with Crippen LogP contribution in [0.3, 0.4) is 0 Å². The van der Waals surface area contributed by atoms with Crippen LogP contribution in [0.15, 0.2) is 40.5 Å². The molecule has 2 heterocycles. The number of hydrogen-bond acceptors (Lipinski definition) is 7. The molecular formula is C19H20N4O3S3. The summed E-state index contributed by atoms with van der Waals surface area (Å²) >= 11 is 3.13. The van der Waals surface area contributed by atoms with Crippen LogP contribution in [0.1, 0.15) is 16.9 Å². The lowest BCUT2D eigenvalue weighted by molar-refractivity contribution is -0.113. The van der Waals surface area contributed by atoms with Crippen LogP contribution < -0.4 is 5.32 Å². The quantitative estimate of drug-likeness (QED) is 0.460. The van der Waals surface area contributed by atoms with E-state index in [4.69, 9.17) is 0 Å². The number of aromatic nitrogens is 2. The molecule has 4 rings (SSSR count). The van der Waals surface area contributed by atoms with Crippen LogP contribution in [0.5, 0.6) is 0 Å². The smallest absolute Gasteiger partial charge is 0.242 e. The van der Waals surface area contributed by atoms with Gasteiger partial charge in [-0.1, -0.05) is 11.8 Å². The molecule has 10 heteroatoms. The van der Waals surface area contributed by atoms with E-state index in [0.717, 1.165) is 38.8 Å². The first-order chi connectivity index (χ1) is 13.9.